The Morgan fingerprint density at radius 2 is 1.86 bits per heavy atom. The number of nitrogens with zero attached hydrogens (tertiary/aromatic N) is 2. The number of likely N-dealkylation sites (tertiary alicyclic amines) is 1. The highest BCUT2D eigenvalue weighted by Gasteiger charge is 2.44. The number of benzene rings is 2. The predicted molar refractivity (Wildman–Crippen MR) is 114 cm³/mol. The van der Waals surface area contributed by atoms with E-state index in [1.165, 1.54) is 5.56 Å². The van der Waals surface area contributed by atoms with Gasteiger partial charge in [0.15, 0.2) is 0 Å². The van der Waals surface area contributed by atoms with E-state index < -0.39 is 5.66 Å². The lowest BCUT2D eigenvalue weighted by Crippen LogP contribution is -2.67. The smallest absolute Gasteiger partial charge is 0.317 e. The maximum atomic E-state index is 12.6. The molecular formula is C22H25ClN4O2. The Morgan fingerprint density at radius 1 is 1.17 bits per heavy atom. The second-order valence-corrected chi connectivity index (χ2v) is 8.27. The van der Waals surface area contributed by atoms with Gasteiger partial charge in [-0.05, 0) is 30.7 Å². The van der Waals surface area contributed by atoms with Crippen LogP contribution in [0.1, 0.15) is 34.3 Å². The van der Waals surface area contributed by atoms with E-state index in [9.17, 15) is 9.59 Å². The second-order valence-electron chi connectivity index (χ2n) is 7.84. The molecule has 2 aliphatic heterocycles. The molecule has 2 aromatic carbocycles. The Hall–Kier alpha value is -2.73. The first-order valence-electron chi connectivity index (χ1n) is 9.82. The van der Waals surface area contributed by atoms with Gasteiger partial charge in [-0.25, -0.2) is 4.79 Å². The van der Waals surface area contributed by atoms with Crippen LogP contribution >= 0.6 is 11.6 Å². The van der Waals surface area contributed by atoms with Crippen LogP contribution in [0.4, 0.5) is 10.5 Å². The van der Waals surface area contributed by atoms with E-state index in [1.54, 1.807) is 12.1 Å². The van der Waals surface area contributed by atoms with Gasteiger partial charge in [0.05, 0.1) is 11.3 Å². The van der Waals surface area contributed by atoms with E-state index in [0.29, 0.717) is 43.1 Å². The molecule has 0 atom stereocenters. The summed E-state index contributed by atoms with van der Waals surface area (Å²) in [6, 6.07) is 13.4. The number of carbonyl (C=O) groups is 2. The third kappa shape index (κ3) is 3.77. The van der Waals surface area contributed by atoms with Crippen molar-refractivity contribution in [2.24, 2.45) is 0 Å². The number of nitrogens with one attached hydrogen (secondary N) is 2. The van der Waals surface area contributed by atoms with Gasteiger partial charge in [-0.2, -0.15) is 0 Å². The van der Waals surface area contributed by atoms with Crippen molar-refractivity contribution >= 4 is 29.2 Å². The SMILES string of the molecule is Cc1ccc(CNC(=O)N2CCC3(CC2)NC(=O)c2ccc(Cl)cc2N3C)cc1. The number of rotatable bonds is 2. The summed E-state index contributed by atoms with van der Waals surface area (Å²) in [5, 5.41) is 6.76. The van der Waals surface area contributed by atoms with Crippen LogP contribution in [0.3, 0.4) is 0 Å². The first-order valence-corrected chi connectivity index (χ1v) is 10.2. The fourth-order valence-corrected chi connectivity index (χ4v) is 4.27. The zero-order valence-corrected chi connectivity index (χ0v) is 17.4. The molecule has 2 aromatic rings. The van der Waals surface area contributed by atoms with Gasteiger partial charge in [0.2, 0.25) is 0 Å². The van der Waals surface area contributed by atoms with Crippen LogP contribution in [-0.4, -0.2) is 42.6 Å². The van der Waals surface area contributed by atoms with Gasteiger partial charge in [-0.1, -0.05) is 41.4 Å². The number of fused-ring (bicyclic) bond motifs is 1. The van der Waals surface area contributed by atoms with Crippen molar-refractivity contribution in [1.82, 2.24) is 15.5 Å². The van der Waals surface area contributed by atoms with Crippen molar-refractivity contribution in [3.8, 4) is 0 Å². The van der Waals surface area contributed by atoms with Crippen molar-refractivity contribution in [2.75, 3.05) is 25.0 Å². The molecule has 1 spiro atoms. The van der Waals surface area contributed by atoms with Crippen LogP contribution in [0.5, 0.6) is 0 Å². The highest BCUT2D eigenvalue weighted by molar-refractivity contribution is 6.31. The van der Waals surface area contributed by atoms with Crippen LogP contribution in [-0.2, 0) is 6.54 Å². The lowest BCUT2D eigenvalue weighted by molar-refractivity contribution is 0.0810. The van der Waals surface area contributed by atoms with Gasteiger partial charge < -0.3 is 20.4 Å². The van der Waals surface area contributed by atoms with Gasteiger partial charge in [-0.3, -0.25) is 4.79 Å². The lowest BCUT2D eigenvalue weighted by atomic mass is 9.90. The zero-order chi connectivity index (χ0) is 20.6. The van der Waals surface area contributed by atoms with Gasteiger partial charge in [-0.15, -0.1) is 0 Å². The van der Waals surface area contributed by atoms with Crippen molar-refractivity contribution in [3.63, 3.8) is 0 Å². The van der Waals surface area contributed by atoms with Gasteiger partial charge in [0.25, 0.3) is 5.91 Å². The monoisotopic (exact) mass is 412 g/mol. The average molecular weight is 413 g/mol. The third-order valence-corrected chi connectivity index (χ3v) is 6.23. The minimum atomic E-state index is -0.498. The topological polar surface area (TPSA) is 64.7 Å². The number of hydrogen-bond donors (Lipinski definition) is 2. The normalized spacial score (nSPS) is 17.7. The molecule has 0 bridgehead atoms. The van der Waals surface area contributed by atoms with Crippen LogP contribution in [0.15, 0.2) is 42.5 Å². The van der Waals surface area contributed by atoms with Gasteiger partial charge in [0, 0.05) is 44.5 Å². The number of anilines is 1. The Morgan fingerprint density at radius 3 is 2.55 bits per heavy atom. The Bertz CT molecular complexity index is 936. The highest BCUT2D eigenvalue weighted by atomic mass is 35.5. The summed E-state index contributed by atoms with van der Waals surface area (Å²) in [5.74, 6) is -0.0907. The summed E-state index contributed by atoms with van der Waals surface area (Å²) < 4.78 is 0. The number of aryl methyl sites for hydroxylation is 1. The third-order valence-electron chi connectivity index (χ3n) is 6.00. The Balaban J connectivity index is 1.40. The summed E-state index contributed by atoms with van der Waals surface area (Å²) in [6.07, 6.45) is 1.30. The summed E-state index contributed by atoms with van der Waals surface area (Å²) in [5.41, 5.74) is 3.23. The number of carbonyl (C=O) groups excluding carboxylic acids is 2. The molecule has 29 heavy (non-hydrogen) atoms. The molecule has 7 heteroatoms. The first kappa shape index (κ1) is 19.6. The molecule has 2 aliphatic rings. The van der Waals surface area contributed by atoms with E-state index >= 15 is 0 Å². The maximum absolute atomic E-state index is 12.6. The van der Waals surface area contributed by atoms with Crippen LogP contribution < -0.4 is 15.5 Å². The number of urea groups is 1. The summed E-state index contributed by atoms with van der Waals surface area (Å²) in [6.45, 7) is 3.68. The standard InChI is InChI=1S/C22H25ClN4O2/c1-15-3-5-16(6-4-15)14-24-21(29)27-11-9-22(10-12-27)25-20(28)18-8-7-17(23)13-19(18)26(22)2/h3-8,13H,9-12,14H2,1-2H3,(H,24,29)(H,25,28). The number of hydrogen-bond acceptors (Lipinski definition) is 3. The van der Waals surface area contributed by atoms with E-state index in [4.69, 9.17) is 11.6 Å². The highest BCUT2D eigenvalue weighted by Crippen LogP contribution is 2.37. The zero-order valence-electron chi connectivity index (χ0n) is 16.7. The summed E-state index contributed by atoms with van der Waals surface area (Å²) >= 11 is 6.16. The Kier molecular flexibility index (Phi) is 5.13. The molecule has 1 fully saturated rings. The minimum absolute atomic E-state index is 0.0753. The molecular weight excluding hydrogens is 388 g/mol. The van der Waals surface area contributed by atoms with Gasteiger partial charge >= 0.3 is 6.03 Å². The van der Waals surface area contributed by atoms with E-state index in [1.807, 2.05) is 49.2 Å². The number of halogens is 1. The second kappa shape index (κ2) is 7.59. The largest absolute Gasteiger partial charge is 0.351 e. The molecule has 1 saturated heterocycles. The van der Waals surface area contributed by atoms with Crippen molar-refractivity contribution in [3.05, 3.63) is 64.2 Å². The molecule has 0 aliphatic carbocycles. The molecule has 0 unspecified atom stereocenters. The maximum Gasteiger partial charge on any atom is 0.317 e. The van der Waals surface area contributed by atoms with E-state index in [0.717, 1.165) is 11.3 Å². The van der Waals surface area contributed by atoms with Gasteiger partial charge in [0.1, 0.15) is 5.66 Å². The van der Waals surface area contributed by atoms with Crippen LogP contribution in [0.25, 0.3) is 0 Å². The average Bonchev–Trinajstić information content (AvgIpc) is 2.72. The minimum Gasteiger partial charge on any atom is -0.351 e. The summed E-state index contributed by atoms with van der Waals surface area (Å²) in [4.78, 5) is 29.1. The Labute approximate surface area is 175 Å². The molecule has 152 valence electrons. The molecule has 2 heterocycles. The molecule has 0 saturated carbocycles. The molecule has 0 radical (unpaired) electrons. The fraction of sp³-hybridized carbons (Fsp3) is 0.364. The van der Waals surface area contributed by atoms with Crippen LogP contribution in [0, 0.1) is 6.92 Å². The fourth-order valence-electron chi connectivity index (χ4n) is 4.10. The molecule has 2 N–H and O–H groups in total. The van der Waals surface area contributed by atoms with E-state index in [-0.39, 0.29) is 11.9 Å². The first-order chi connectivity index (χ1) is 13.9. The molecule has 6 nitrogen and oxygen atoms in total. The molecule has 0 aromatic heterocycles. The summed E-state index contributed by atoms with van der Waals surface area (Å²) in [7, 11) is 1.97. The molecule has 4 rings (SSSR count). The number of piperidine rings is 1. The quantitative estimate of drug-likeness (QED) is 0.793. The van der Waals surface area contributed by atoms with Crippen molar-refractivity contribution in [1.29, 1.82) is 0 Å². The lowest BCUT2D eigenvalue weighted by Gasteiger charge is -2.51. The van der Waals surface area contributed by atoms with Crippen LogP contribution in [0.2, 0.25) is 5.02 Å². The molecule has 3 amide bonds. The number of amides is 3. The van der Waals surface area contributed by atoms with Crippen molar-refractivity contribution < 1.29 is 9.59 Å². The van der Waals surface area contributed by atoms with E-state index in [2.05, 4.69) is 15.5 Å². The van der Waals surface area contributed by atoms with Crippen molar-refractivity contribution in [2.45, 2.75) is 32.0 Å². The predicted octanol–water partition coefficient (Wildman–Crippen LogP) is 3.53.